The van der Waals surface area contributed by atoms with Gasteiger partial charge in [-0.15, -0.1) is 0 Å². The minimum Gasteiger partial charge on any atom is -0.369 e. The van der Waals surface area contributed by atoms with Crippen LogP contribution in [0.4, 0.5) is 4.39 Å². The molecule has 2 amide bonds. The third-order valence-electron chi connectivity index (χ3n) is 4.16. The van der Waals surface area contributed by atoms with E-state index in [0.717, 1.165) is 6.07 Å². The van der Waals surface area contributed by atoms with E-state index < -0.39 is 28.9 Å². The normalized spacial score (nSPS) is 19.2. The van der Waals surface area contributed by atoms with Crippen molar-refractivity contribution in [2.24, 2.45) is 5.73 Å². The van der Waals surface area contributed by atoms with Gasteiger partial charge in [0.1, 0.15) is 0 Å². The number of aliphatic hydroxyl groups is 1. The second-order valence-electron chi connectivity index (χ2n) is 6.06. The molecule has 3 N–H and O–H groups in total. The van der Waals surface area contributed by atoms with Crippen molar-refractivity contribution < 1.29 is 19.1 Å². The molecule has 1 aliphatic heterocycles. The molecule has 0 saturated carbocycles. The van der Waals surface area contributed by atoms with E-state index in [4.69, 9.17) is 5.73 Å². The molecule has 1 aliphatic rings. The van der Waals surface area contributed by atoms with Crippen LogP contribution in [0.15, 0.2) is 36.4 Å². The second kappa shape index (κ2) is 6.58. The molecule has 26 heavy (non-hydrogen) atoms. The molecule has 1 saturated heterocycles. The van der Waals surface area contributed by atoms with Crippen molar-refractivity contribution in [2.75, 3.05) is 13.6 Å². The third-order valence-corrected chi connectivity index (χ3v) is 4.16. The van der Waals surface area contributed by atoms with Crippen LogP contribution in [0, 0.1) is 17.7 Å². The summed E-state index contributed by atoms with van der Waals surface area (Å²) in [6.07, 6.45) is 0.247. The maximum absolute atomic E-state index is 13.6. The van der Waals surface area contributed by atoms with E-state index in [-0.39, 0.29) is 6.42 Å². The number of carbonyl (C=O) groups excluding carboxylic acids is 2. The first-order valence-corrected chi connectivity index (χ1v) is 7.88. The molecule has 0 bridgehead atoms. The molecular formula is C19H16FN3O3. The van der Waals surface area contributed by atoms with Gasteiger partial charge in [0.05, 0.1) is 5.69 Å². The van der Waals surface area contributed by atoms with Gasteiger partial charge in [0.2, 0.25) is 5.60 Å². The van der Waals surface area contributed by atoms with Crippen LogP contribution in [-0.2, 0) is 4.79 Å². The maximum Gasteiger partial charge on any atom is 0.270 e. The average Bonchev–Trinajstić information content (AvgIpc) is 2.88. The van der Waals surface area contributed by atoms with Gasteiger partial charge < -0.3 is 15.7 Å². The van der Waals surface area contributed by atoms with Crippen molar-refractivity contribution in [3.63, 3.8) is 0 Å². The minimum absolute atomic E-state index is 0.247. The largest absolute Gasteiger partial charge is 0.369 e. The lowest BCUT2D eigenvalue weighted by Gasteiger charge is -2.13. The van der Waals surface area contributed by atoms with Gasteiger partial charge in [0.15, 0.2) is 11.5 Å². The Morgan fingerprint density at radius 2 is 2.15 bits per heavy atom. The van der Waals surface area contributed by atoms with Crippen LogP contribution in [0.1, 0.15) is 22.5 Å². The molecular weight excluding hydrogens is 337 g/mol. The van der Waals surface area contributed by atoms with Crippen molar-refractivity contribution in [1.82, 2.24) is 9.88 Å². The molecule has 0 radical (unpaired) electrons. The highest BCUT2D eigenvalue weighted by Gasteiger charge is 2.42. The van der Waals surface area contributed by atoms with Crippen LogP contribution >= 0.6 is 0 Å². The number of hydrogen-bond donors (Lipinski definition) is 2. The lowest BCUT2D eigenvalue weighted by molar-refractivity contribution is -0.137. The number of pyridine rings is 1. The summed E-state index contributed by atoms with van der Waals surface area (Å²) in [7, 11) is 1.61. The van der Waals surface area contributed by atoms with Crippen LogP contribution in [0.5, 0.6) is 0 Å². The molecule has 2 heterocycles. The quantitative estimate of drug-likeness (QED) is 0.785. The van der Waals surface area contributed by atoms with Crippen LogP contribution in [0.25, 0.3) is 11.3 Å². The first kappa shape index (κ1) is 17.6. The van der Waals surface area contributed by atoms with Crippen molar-refractivity contribution >= 4 is 11.8 Å². The lowest BCUT2D eigenvalue weighted by atomic mass is 10.0. The SMILES string of the molecule is CN1CC[C@@](O)(C#Cc2cccc(-c3ccc(F)c(C(N)=O)n3)c2)C1=O. The predicted octanol–water partition coefficient (Wildman–Crippen LogP) is 0.931. The summed E-state index contributed by atoms with van der Waals surface area (Å²) >= 11 is 0. The Balaban J connectivity index is 1.93. The van der Waals surface area contributed by atoms with Gasteiger partial charge in [-0.05, 0) is 24.3 Å². The van der Waals surface area contributed by atoms with E-state index in [1.54, 1.807) is 31.3 Å². The summed E-state index contributed by atoms with van der Waals surface area (Å²) in [5, 5.41) is 10.3. The summed E-state index contributed by atoms with van der Waals surface area (Å²) in [5.74, 6) is 3.26. The van der Waals surface area contributed by atoms with Crippen LogP contribution in [0.2, 0.25) is 0 Å². The van der Waals surface area contributed by atoms with E-state index in [1.165, 1.54) is 11.0 Å². The van der Waals surface area contributed by atoms with Gasteiger partial charge in [-0.1, -0.05) is 24.0 Å². The van der Waals surface area contributed by atoms with Gasteiger partial charge in [-0.2, -0.15) is 0 Å². The van der Waals surface area contributed by atoms with Gasteiger partial charge in [0.25, 0.3) is 11.8 Å². The van der Waals surface area contributed by atoms with E-state index in [1.807, 2.05) is 0 Å². The molecule has 0 aliphatic carbocycles. The third kappa shape index (κ3) is 3.27. The highest BCUT2D eigenvalue weighted by molar-refractivity contribution is 5.92. The number of rotatable bonds is 2. The molecule has 0 spiro atoms. The van der Waals surface area contributed by atoms with E-state index in [0.29, 0.717) is 23.4 Å². The second-order valence-corrected chi connectivity index (χ2v) is 6.06. The summed E-state index contributed by atoms with van der Waals surface area (Å²) < 4.78 is 13.6. The van der Waals surface area contributed by atoms with Gasteiger partial charge in [0, 0.05) is 31.1 Å². The summed E-state index contributed by atoms with van der Waals surface area (Å²) in [4.78, 5) is 28.6. The van der Waals surface area contributed by atoms with Crippen LogP contribution in [0.3, 0.4) is 0 Å². The zero-order valence-electron chi connectivity index (χ0n) is 14.0. The Morgan fingerprint density at radius 1 is 1.38 bits per heavy atom. The van der Waals surface area contributed by atoms with E-state index in [2.05, 4.69) is 16.8 Å². The van der Waals surface area contributed by atoms with E-state index >= 15 is 0 Å². The van der Waals surface area contributed by atoms with Crippen LogP contribution in [-0.4, -0.2) is 46.0 Å². The highest BCUT2D eigenvalue weighted by atomic mass is 19.1. The fraction of sp³-hybridized carbons (Fsp3) is 0.211. The lowest BCUT2D eigenvalue weighted by Crippen LogP contribution is -2.37. The van der Waals surface area contributed by atoms with Crippen LogP contribution < -0.4 is 5.73 Å². The van der Waals surface area contributed by atoms with Crippen molar-refractivity contribution in [3.8, 4) is 23.1 Å². The zero-order chi connectivity index (χ0) is 18.9. The Morgan fingerprint density at radius 3 is 2.81 bits per heavy atom. The molecule has 3 rings (SSSR count). The summed E-state index contributed by atoms with van der Waals surface area (Å²) in [6, 6.07) is 9.36. The van der Waals surface area contributed by atoms with Crippen molar-refractivity contribution in [2.45, 2.75) is 12.0 Å². The molecule has 132 valence electrons. The molecule has 0 unspecified atom stereocenters. The summed E-state index contributed by atoms with van der Waals surface area (Å²) in [5.41, 5.74) is 4.51. The number of halogens is 1. The monoisotopic (exact) mass is 353 g/mol. The minimum atomic E-state index is -1.68. The van der Waals surface area contributed by atoms with Gasteiger partial charge in [-0.3, -0.25) is 9.59 Å². The number of likely N-dealkylation sites (tertiary alicyclic amines) is 1. The first-order valence-electron chi connectivity index (χ1n) is 7.88. The fourth-order valence-corrected chi connectivity index (χ4v) is 2.68. The van der Waals surface area contributed by atoms with Gasteiger partial charge >= 0.3 is 0 Å². The molecule has 7 heteroatoms. The molecule has 1 atom stereocenters. The Kier molecular flexibility index (Phi) is 4.45. The van der Waals surface area contributed by atoms with Crippen molar-refractivity contribution in [1.29, 1.82) is 0 Å². The topological polar surface area (TPSA) is 96.5 Å². The molecule has 1 aromatic heterocycles. The number of primary amides is 1. The van der Waals surface area contributed by atoms with E-state index in [9.17, 15) is 19.1 Å². The molecule has 6 nitrogen and oxygen atoms in total. The number of nitrogens with two attached hydrogens (primary N) is 1. The number of carbonyl (C=O) groups is 2. The first-order chi connectivity index (χ1) is 12.3. The standard InChI is InChI=1S/C19H16FN3O3/c1-23-10-9-19(26,18(23)25)8-7-12-3-2-4-13(11-12)15-6-5-14(20)16(22-15)17(21)24/h2-6,11,26H,9-10H2,1H3,(H2,21,24)/t19-/m0/s1. The Labute approximate surface area is 149 Å². The van der Waals surface area contributed by atoms with Gasteiger partial charge in [-0.25, -0.2) is 9.37 Å². The number of benzene rings is 1. The molecule has 1 aromatic carbocycles. The fourth-order valence-electron chi connectivity index (χ4n) is 2.68. The number of aromatic nitrogens is 1. The Hall–Kier alpha value is -3.24. The number of hydrogen-bond acceptors (Lipinski definition) is 4. The molecule has 1 fully saturated rings. The zero-order valence-corrected chi connectivity index (χ0v) is 14.0. The number of likely N-dealkylation sites (N-methyl/N-ethyl adjacent to an activating group) is 1. The summed E-state index contributed by atoms with van der Waals surface area (Å²) in [6.45, 7) is 0.444. The Bertz CT molecular complexity index is 964. The number of nitrogens with zero attached hydrogens (tertiary/aromatic N) is 2. The highest BCUT2D eigenvalue weighted by Crippen LogP contribution is 2.22. The number of amides is 2. The maximum atomic E-state index is 13.6. The van der Waals surface area contributed by atoms with Crippen molar-refractivity contribution in [3.05, 3.63) is 53.5 Å². The molecule has 2 aromatic rings. The average molecular weight is 353 g/mol. The smallest absolute Gasteiger partial charge is 0.270 e. The predicted molar refractivity (Wildman–Crippen MR) is 92.2 cm³/mol.